The van der Waals surface area contributed by atoms with Gasteiger partial charge in [0.15, 0.2) is 0 Å². The molecular formula is C20H19NO3. The number of rotatable bonds is 6. The summed E-state index contributed by atoms with van der Waals surface area (Å²) in [4.78, 5) is 11.8. The molecule has 0 saturated heterocycles. The van der Waals surface area contributed by atoms with Crippen LogP contribution in [0.2, 0.25) is 0 Å². The Hall–Kier alpha value is -2.85. The fourth-order valence-electron chi connectivity index (χ4n) is 2.44. The molecule has 0 fully saturated rings. The second kappa shape index (κ2) is 7.62. The van der Waals surface area contributed by atoms with Crippen molar-refractivity contribution in [2.75, 3.05) is 6.54 Å². The highest BCUT2D eigenvalue weighted by molar-refractivity contribution is 5.91. The van der Waals surface area contributed by atoms with Gasteiger partial charge in [-0.15, -0.1) is 0 Å². The van der Waals surface area contributed by atoms with Crippen LogP contribution < -0.4 is 5.32 Å². The van der Waals surface area contributed by atoms with Gasteiger partial charge in [-0.3, -0.25) is 4.79 Å². The van der Waals surface area contributed by atoms with Crippen molar-refractivity contribution in [1.82, 2.24) is 5.32 Å². The minimum absolute atomic E-state index is 0.185. The maximum Gasteiger partial charge on any atom is 0.244 e. The Kier molecular flexibility index (Phi) is 5.08. The van der Waals surface area contributed by atoms with Crippen LogP contribution in [0.4, 0.5) is 0 Å². The fourth-order valence-corrected chi connectivity index (χ4v) is 2.44. The molecule has 2 aromatic carbocycles. The smallest absolute Gasteiger partial charge is 0.244 e. The standard InChI is InChI=1S/C20H19NO3/c22-17(19-14-16-8-4-5-9-18(16)24-19)12-13-21-20(23)11-10-15-6-2-1-3-7-15/h1-11,14,17,22H,12-13H2,(H,21,23). The predicted molar refractivity (Wildman–Crippen MR) is 94.3 cm³/mol. The van der Waals surface area contributed by atoms with Crippen LogP contribution in [0.15, 0.2) is 71.2 Å². The first-order chi connectivity index (χ1) is 11.7. The van der Waals surface area contributed by atoms with E-state index in [1.54, 1.807) is 6.08 Å². The predicted octanol–water partition coefficient (Wildman–Crippen LogP) is 3.69. The quantitative estimate of drug-likeness (QED) is 0.681. The molecule has 1 heterocycles. The van der Waals surface area contributed by atoms with Gasteiger partial charge in [0.2, 0.25) is 5.91 Å². The minimum atomic E-state index is -0.740. The Labute approximate surface area is 140 Å². The second-order valence-electron chi connectivity index (χ2n) is 5.53. The van der Waals surface area contributed by atoms with Crippen LogP contribution in [0.1, 0.15) is 23.8 Å². The zero-order valence-corrected chi connectivity index (χ0v) is 13.2. The number of benzene rings is 2. The van der Waals surface area contributed by atoms with E-state index >= 15 is 0 Å². The van der Waals surface area contributed by atoms with Crippen molar-refractivity contribution in [2.45, 2.75) is 12.5 Å². The van der Waals surface area contributed by atoms with Gasteiger partial charge in [0, 0.05) is 18.0 Å². The summed E-state index contributed by atoms with van der Waals surface area (Å²) in [6.45, 7) is 0.371. The van der Waals surface area contributed by atoms with Crippen molar-refractivity contribution in [3.63, 3.8) is 0 Å². The molecule has 0 spiro atoms. The van der Waals surface area contributed by atoms with Gasteiger partial charge >= 0.3 is 0 Å². The topological polar surface area (TPSA) is 62.5 Å². The minimum Gasteiger partial charge on any atom is -0.458 e. The number of hydrogen-bond acceptors (Lipinski definition) is 3. The van der Waals surface area contributed by atoms with E-state index < -0.39 is 6.10 Å². The Balaban J connectivity index is 1.48. The number of aliphatic hydroxyl groups excluding tert-OH is 1. The lowest BCUT2D eigenvalue weighted by Gasteiger charge is -2.07. The molecule has 2 N–H and O–H groups in total. The lowest BCUT2D eigenvalue weighted by molar-refractivity contribution is -0.116. The van der Waals surface area contributed by atoms with Crippen molar-refractivity contribution in [3.8, 4) is 0 Å². The number of carbonyl (C=O) groups excluding carboxylic acids is 1. The number of hydrogen-bond donors (Lipinski definition) is 2. The van der Waals surface area contributed by atoms with Crippen LogP contribution in [-0.2, 0) is 4.79 Å². The van der Waals surface area contributed by atoms with Gasteiger partial charge in [-0.2, -0.15) is 0 Å². The first-order valence-corrected chi connectivity index (χ1v) is 7.90. The van der Waals surface area contributed by atoms with Gasteiger partial charge < -0.3 is 14.8 Å². The van der Waals surface area contributed by atoms with Crippen LogP contribution in [0, 0.1) is 0 Å². The maximum atomic E-state index is 11.8. The van der Waals surface area contributed by atoms with E-state index in [0.29, 0.717) is 18.7 Å². The van der Waals surface area contributed by atoms with Crippen molar-refractivity contribution in [3.05, 3.63) is 78.1 Å². The molecule has 1 atom stereocenters. The van der Waals surface area contributed by atoms with Gasteiger partial charge in [-0.05, 0) is 30.2 Å². The van der Waals surface area contributed by atoms with Crippen LogP contribution in [0.25, 0.3) is 17.0 Å². The van der Waals surface area contributed by atoms with Crippen LogP contribution in [-0.4, -0.2) is 17.6 Å². The summed E-state index contributed by atoms with van der Waals surface area (Å²) in [6.07, 6.45) is 2.90. The average Bonchev–Trinajstić information content (AvgIpc) is 3.05. The Morgan fingerprint density at radius 3 is 2.67 bits per heavy atom. The van der Waals surface area contributed by atoms with Crippen molar-refractivity contribution in [1.29, 1.82) is 0 Å². The Bertz CT molecular complexity index is 803. The SMILES string of the molecule is O=C(C=Cc1ccccc1)NCCC(O)c1cc2ccccc2o1. The van der Waals surface area contributed by atoms with Gasteiger partial charge in [0.05, 0.1) is 0 Å². The number of nitrogens with one attached hydrogen (secondary N) is 1. The zero-order chi connectivity index (χ0) is 16.8. The van der Waals surface area contributed by atoms with Crippen LogP contribution >= 0.6 is 0 Å². The highest BCUT2D eigenvalue weighted by Crippen LogP contribution is 2.25. The van der Waals surface area contributed by atoms with E-state index in [1.165, 1.54) is 6.08 Å². The molecule has 0 radical (unpaired) electrons. The number of amides is 1. The summed E-state index contributed by atoms with van der Waals surface area (Å²) in [6, 6.07) is 19.1. The molecule has 0 saturated carbocycles. The molecule has 0 aliphatic heterocycles. The number of aliphatic hydroxyl groups is 1. The maximum absolute atomic E-state index is 11.8. The van der Waals surface area contributed by atoms with Crippen molar-refractivity contribution >= 4 is 23.0 Å². The Morgan fingerprint density at radius 1 is 1.12 bits per heavy atom. The third-order valence-electron chi connectivity index (χ3n) is 3.72. The van der Waals surface area contributed by atoms with Crippen molar-refractivity contribution in [2.24, 2.45) is 0 Å². The third-order valence-corrected chi connectivity index (χ3v) is 3.72. The molecule has 0 aliphatic carbocycles. The molecule has 24 heavy (non-hydrogen) atoms. The summed E-state index contributed by atoms with van der Waals surface area (Å²) in [5.74, 6) is 0.334. The van der Waals surface area contributed by atoms with E-state index in [9.17, 15) is 9.90 Å². The largest absolute Gasteiger partial charge is 0.458 e. The third kappa shape index (κ3) is 4.12. The Morgan fingerprint density at radius 2 is 1.88 bits per heavy atom. The van der Waals surface area contributed by atoms with E-state index in [4.69, 9.17) is 4.42 Å². The molecule has 0 aliphatic rings. The lowest BCUT2D eigenvalue weighted by Crippen LogP contribution is -2.23. The first-order valence-electron chi connectivity index (χ1n) is 7.90. The molecule has 1 unspecified atom stereocenters. The fraction of sp³-hybridized carbons (Fsp3) is 0.150. The summed E-state index contributed by atoms with van der Waals surface area (Å²) >= 11 is 0. The molecule has 0 bridgehead atoms. The van der Waals surface area contributed by atoms with Gasteiger partial charge in [0.25, 0.3) is 0 Å². The number of furan rings is 1. The molecule has 1 aromatic heterocycles. The van der Waals surface area contributed by atoms with Crippen molar-refractivity contribution < 1.29 is 14.3 Å². The van der Waals surface area contributed by atoms with Gasteiger partial charge in [0.1, 0.15) is 17.4 Å². The lowest BCUT2D eigenvalue weighted by atomic mass is 10.2. The summed E-state index contributed by atoms with van der Waals surface area (Å²) in [5.41, 5.74) is 1.72. The summed E-state index contributed by atoms with van der Waals surface area (Å²) in [5, 5.41) is 13.9. The molecule has 4 nitrogen and oxygen atoms in total. The van der Waals surface area contributed by atoms with E-state index in [-0.39, 0.29) is 5.91 Å². The number of carbonyl (C=O) groups is 1. The van der Waals surface area contributed by atoms with Gasteiger partial charge in [-0.25, -0.2) is 0 Å². The molecular weight excluding hydrogens is 302 g/mol. The molecule has 3 aromatic rings. The molecule has 1 amide bonds. The van der Waals surface area contributed by atoms with E-state index in [2.05, 4.69) is 5.32 Å². The normalized spacial score (nSPS) is 12.5. The average molecular weight is 321 g/mol. The van der Waals surface area contributed by atoms with E-state index in [1.807, 2.05) is 60.7 Å². The molecule has 4 heteroatoms. The van der Waals surface area contributed by atoms with Crippen LogP contribution in [0.5, 0.6) is 0 Å². The van der Waals surface area contributed by atoms with Gasteiger partial charge in [-0.1, -0.05) is 48.5 Å². The summed E-state index contributed by atoms with van der Waals surface area (Å²) < 4.78 is 5.62. The highest BCUT2D eigenvalue weighted by Gasteiger charge is 2.13. The summed E-state index contributed by atoms with van der Waals surface area (Å²) in [7, 11) is 0. The highest BCUT2D eigenvalue weighted by atomic mass is 16.4. The number of fused-ring (bicyclic) bond motifs is 1. The van der Waals surface area contributed by atoms with Crippen LogP contribution in [0.3, 0.4) is 0 Å². The first kappa shape index (κ1) is 16.0. The number of para-hydroxylation sites is 1. The van der Waals surface area contributed by atoms with E-state index in [0.717, 1.165) is 16.5 Å². The molecule has 122 valence electrons. The molecule has 3 rings (SSSR count). The second-order valence-corrected chi connectivity index (χ2v) is 5.53. The monoisotopic (exact) mass is 321 g/mol. The zero-order valence-electron chi connectivity index (χ0n) is 13.2.